The van der Waals surface area contributed by atoms with E-state index in [1.54, 1.807) is 24.1 Å². The molecule has 15 heavy (non-hydrogen) atoms. The summed E-state index contributed by atoms with van der Waals surface area (Å²) in [5, 5.41) is 15.6. The minimum Gasteiger partial charge on any atom is -0.322 e. The molecule has 1 aliphatic rings. The van der Waals surface area contributed by atoms with Crippen molar-refractivity contribution in [1.82, 2.24) is 9.78 Å². The molecule has 0 atom stereocenters. The molecule has 0 radical (unpaired) electrons. The summed E-state index contributed by atoms with van der Waals surface area (Å²) in [6, 6.07) is 2.10. The van der Waals surface area contributed by atoms with E-state index in [4.69, 9.17) is 5.26 Å². The highest BCUT2D eigenvalue weighted by atomic mass is 16.2. The summed E-state index contributed by atoms with van der Waals surface area (Å²) in [6.45, 7) is 0. The SMILES string of the molecule is Cn1cc(NC(=O)C2(C#N)CCC2)cn1. The molecule has 1 fully saturated rings. The average molecular weight is 204 g/mol. The van der Waals surface area contributed by atoms with Crippen LogP contribution in [-0.4, -0.2) is 15.7 Å². The number of hydrogen-bond acceptors (Lipinski definition) is 3. The topological polar surface area (TPSA) is 70.7 Å². The normalized spacial score (nSPS) is 17.6. The van der Waals surface area contributed by atoms with Crippen molar-refractivity contribution in [3.05, 3.63) is 12.4 Å². The third-order valence-electron chi connectivity index (χ3n) is 2.82. The van der Waals surface area contributed by atoms with Crippen molar-refractivity contribution in [1.29, 1.82) is 5.26 Å². The smallest absolute Gasteiger partial charge is 0.244 e. The fraction of sp³-hybridized carbons (Fsp3) is 0.500. The molecular weight excluding hydrogens is 192 g/mol. The molecule has 0 aromatic carbocycles. The van der Waals surface area contributed by atoms with Gasteiger partial charge in [-0.05, 0) is 19.3 Å². The highest BCUT2D eigenvalue weighted by molar-refractivity contribution is 5.97. The number of aryl methyl sites for hydroxylation is 1. The average Bonchev–Trinajstić information content (AvgIpc) is 2.50. The molecule has 1 aromatic heterocycles. The van der Waals surface area contributed by atoms with Crippen molar-refractivity contribution >= 4 is 11.6 Å². The lowest BCUT2D eigenvalue weighted by molar-refractivity contribution is -0.126. The Kier molecular flexibility index (Phi) is 2.19. The first-order valence-electron chi connectivity index (χ1n) is 4.88. The van der Waals surface area contributed by atoms with E-state index in [1.807, 2.05) is 0 Å². The zero-order valence-electron chi connectivity index (χ0n) is 8.53. The highest BCUT2D eigenvalue weighted by Crippen LogP contribution is 2.41. The Morgan fingerprint density at radius 3 is 2.87 bits per heavy atom. The van der Waals surface area contributed by atoms with Crippen LogP contribution in [0.3, 0.4) is 0 Å². The molecule has 1 aromatic rings. The summed E-state index contributed by atoms with van der Waals surface area (Å²) in [7, 11) is 1.78. The lowest BCUT2D eigenvalue weighted by Gasteiger charge is -2.32. The molecular formula is C10H12N4O. The summed E-state index contributed by atoms with van der Waals surface area (Å²) in [4.78, 5) is 11.8. The molecule has 2 rings (SSSR count). The third-order valence-corrected chi connectivity index (χ3v) is 2.82. The molecule has 78 valence electrons. The van der Waals surface area contributed by atoms with Crippen LogP contribution in [0.1, 0.15) is 19.3 Å². The van der Waals surface area contributed by atoms with Crippen LogP contribution in [0.2, 0.25) is 0 Å². The summed E-state index contributed by atoms with van der Waals surface area (Å²) < 4.78 is 1.61. The van der Waals surface area contributed by atoms with E-state index in [2.05, 4.69) is 16.5 Å². The number of amides is 1. The molecule has 1 amide bonds. The number of hydrogen-bond donors (Lipinski definition) is 1. The summed E-state index contributed by atoms with van der Waals surface area (Å²) in [5.74, 6) is -0.204. The van der Waals surface area contributed by atoms with Gasteiger partial charge < -0.3 is 5.32 Å². The maximum absolute atomic E-state index is 11.8. The Hall–Kier alpha value is -1.83. The zero-order valence-corrected chi connectivity index (χ0v) is 8.53. The first kappa shape index (κ1) is 9.71. The van der Waals surface area contributed by atoms with Crippen molar-refractivity contribution in [2.24, 2.45) is 12.5 Å². The first-order valence-corrected chi connectivity index (χ1v) is 4.88. The van der Waals surface area contributed by atoms with Crippen LogP contribution in [0.15, 0.2) is 12.4 Å². The van der Waals surface area contributed by atoms with Crippen LogP contribution in [0.25, 0.3) is 0 Å². The molecule has 0 unspecified atom stereocenters. The van der Waals surface area contributed by atoms with E-state index in [1.165, 1.54) is 0 Å². The standard InChI is InChI=1S/C10H12N4O/c1-14-6-8(5-12-14)13-9(15)10(7-11)3-2-4-10/h5-6H,2-4H2,1H3,(H,13,15). The van der Waals surface area contributed by atoms with Crippen LogP contribution in [0.4, 0.5) is 5.69 Å². The van der Waals surface area contributed by atoms with Gasteiger partial charge in [0.2, 0.25) is 5.91 Å². The predicted molar refractivity (Wildman–Crippen MR) is 53.7 cm³/mol. The van der Waals surface area contributed by atoms with E-state index in [0.717, 1.165) is 6.42 Å². The maximum Gasteiger partial charge on any atom is 0.244 e. The van der Waals surface area contributed by atoms with Gasteiger partial charge in [0.15, 0.2) is 0 Å². The van der Waals surface area contributed by atoms with Gasteiger partial charge in [-0.15, -0.1) is 0 Å². The Bertz CT molecular complexity index is 425. The number of nitriles is 1. The zero-order chi connectivity index (χ0) is 10.9. The largest absolute Gasteiger partial charge is 0.322 e. The lowest BCUT2D eigenvalue weighted by Crippen LogP contribution is -2.40. The minimum absolute atomic E-state index is 0.204. The second kappa shape index (κ2) is 3.39. The molecule has 1 aliphatic carbocycles. The van der Waals surface area contributed by atoms with E-state index < -0.39 is 5.41 Å². The highest BCUT2D eigenvalue weighted by Gasteiger charge is 2.44. The predicted octanol–water partition coefficient (Wildman–Crippen LogP) is 1.05. The van der Waals surface area contributed by atoms with Crippen molar-refractivity contribution < 1.29 is 4.79 Å². The Morgan fingerprint density at radius 1 is 1.73 bits per heavy atom. The summed E-state index contributed by atoms with van der Waals surface area (Å²) in [6.07, 6.45) is 5.56. The van der Waals surface area contributed by atoms with Crippen LogP contribution >= 0.6 is 0 Å². The number of carbonyl (C=O) groups is 1. The van der Waals surface area contributed by atoms with Crippen molar-refractivity contribution in [2.75, 3.05) is 5.32 Å². The number of nitrogens with zero attached hydrogens (tertiary/aromatic N) is 3. The van der Waals surface area contributed by atoms with Gasteiger partial charge in [0, 0.05) is 13.2 Å². The van der Waals surface area contributed by atoms with E-state index in [0.29, 0.717) is 18.5 Å². The third kappa shape index (κ3) is 1.59. The van der Waals surface area contributed by atoms with Gasteiger partial charge in [-0.2, -0.15) is 10.4 Å². The molecule has 0 spiro atoms. The Labute approximate surface area is 87.7 Å². The van der Waals surface area contributed by atoms with Crippen LogP contribution in [0, 0.1) is 16.7 Å². The number of aromatic nitrogens is 2. The number of nitrogens with one attached hydrogen (secondary N) is 1. The first-order chi connectivity index (χ1) is 7.16. The van der Waals surface area contributed by atoms with Crippen molar-refractivity contribution in [3.63, 3.8) is 0 Å². The number of rotatable bonds is 2. The summed E-state index contributed by atoms with van der Waals surface area (Å²) >= 11 is 0. The molecule has 5 heteroatoms. The lowest BCUT2D eigenvalue weighted by atomic mass is 9.69. The molecule has 1 saturated carbocycles. The van der Waals surface area contributed by atoms with Crippen LogP contribution < -0.4 is 5.32 Å². The second-order valence-electron chi connectivity index (χ2n) is 3.90. The van der Waals surface area contributed by atoms with E-state index in [-0.39, 0.29) is 5.91 Å². The van der Waals surface area contributed by atoms with Gasteiger partial charge in [-0.1, -0.05) is 0 Å². The maximum atomic E-state index is 11.8. The van der Waals surface area contributed by atoms with Crippen molar-refractivity contribution in [3.8, 4) is 6.07 Å². The van der Waals surface area contributed by atoms with Crippen LogP contribution in [-0.2, 0) is 11.8 Å². The van der Waals surface area contributed by atoms with Crippen molar-refractivity contribution in [2.45, 2.75) is 19.3 Å². The number of carbonyl (C=O) groups excluding carboxylic acids is 1. The molecule has 5 nitrogen and oxygen atoms in total. The van der Waals surface area contributed by atoms with Gasteiger partial charge in [0.05, 0.1) is 18.0 Å². The van der Waals surface area contributed by atoms with E-state index in [9.17, 15) is 4.79 Å². The molecule has 0 saturated heterocycles. The van der Waals surface area contributed by atoms with E-state index >= 15 is 0 Å². The molecule has 1 heterocycles. The quantitative estimate of drug-likeness (QED) is 0.782. The minimum atomic E-state index is -0.796. The molecule has 0 bridgehead atoms. The molecule has 0 aliphatic heterocycles. The fourth-order valence-corrected chi connectivity index (χ4v) is 1.66. The van der Waals surface area contributed by atoms with Gasteiger partial charge >= 0.3 is 0 Å². The number of anilines is 1. The van der Waals surface area contributed by atoms with Crippen LogP contribution in [0.5, 0.6) is 0 Å². The Balaban J connectivity index is 2.07. The van der Waals surface area contributed by atoms with Gasteiger partial charge in [0.25, 0.3) is 0 Å². The molecule has 1 N–H and O–H groups in total. The van der Waals surface area contributed by atoms with Gasteiger partial charge in [0.1, 0.15) is 5.41 Å². The Morgan fingerprint density at radius 2 is 2.47 bits per heavy atom. The van der Waals surface area contributed by atoms with Gasteiger partial charge in [-0.25, -0.2) is 0 Å². The fourth-order valence-electron chi connectivity index (χ4n) is 1.66. The second-order valence-corrected chi connectivity index (χ2v) is 3.90. The van der Waals surface area contributed by atoms with Gasteiger partial charge in [-0.3, -0.25) is 9.48 Å². The monoisotopic (exact) mass is 204 g/mol. The summed E-state index contributed by atoms with van der Waals surface area (Å²) in [5.41, 5.74) is -0.153.